The third-order valence-electron chi connectivity index (χ3n) is 4.61. The number of hydrogen-bond acceptors (Lipinski definition) is 4. The molecule has 0 bridgehead atoms. The van der Waals surface area contributed by atoms with Gasteiger partial charge in [-0.05, 0) is 37.1 Å². The summed E-state index contributed by atoms with van der Waals surface area (Å²) < 4.78 is 24.4. The largest absolute Gasteiger partial charge is 0.494 e. The van der Waals surface area contributed by atoms with Crippen molar-refractivity contribution in [2.75, 3.05) is 31.4 Å². The molecular formula is C20H22FN3O4. The Morgan fingerprint density at radius 3 is 2.36 bits per heavy atom. The first-order valence-corrected chi connectivity index (χ1v) is 8.89. The zero-order chi connectivity index (χ0) is 20.1. The van der Waals surface area contributed by atoms with Gasteiger partial charge in [0.05, 0.1) is 19.9 Å². The Hall–Kier alpha value is -3.29. The van der Waals surface area contributed by atoms with E-state index in [2.05, 4.69) is 10.6 Å². The van der Waals surface area contributed by atoms with Crippen LogP contribution in [-0.2, 0) is 4.79 Å². The quantitative estimate of drug-likeness (QED) is 0.823. The Bertz CT molecular complexity index is 852. The SMILES string of the molecule is COc1cccc(OC)c1NC(=O)C1CCCN1C(=O)Nc1ccccc1F. The lowest BCUT2D eigenvalue weighted by Crippen LogP contribution is -2.45. The Kier molecular flexibility index (Phi) is 5.98. The van der Waals surface area contributed by atoms with Gasteiger partial charge in [-0.3, -0.25) is 4.79 Å². The zero-order valence-electron chi connectivity index (χ0n) is 15.7. The molecule has 28 heavy (non-hydrogen) atoms. The van der Waals surface area contributed by atoms with Crippen molar-refractivity contribution < 1.29 is 23.5 Å². The molecule has 7 nitrogen and oxygen atoms in total. The van der Waals surface area contributed by atoms with Gasteiger partial charge in [0.15, 0.2) is 0 Å². The van der Waals surface area contributed by atoms with Gasteiger partial charge in [0, 0.05) is 6.54 Å². The van der Waals surface area contributed by atoms with E-state index in [1.54, 1.807) is 24.3 Å². The number of para-hydroxylation sites is 2. The average Bonchev–Trinajstić information content (AvgIpc) is 3.20. The summed E-state index contributed by atoms with van der Waals surface area (Å²) in [4.78, 5) is 26.9. The van der Waals surface area contributed by atoms with Crippen LogP contribution in [0.2, 0.25) is 0 Å². The summed E-state index contributed by atoms with van der Waals surface area (Å²) in [5.41, 5.74) is 0.476. The van der Waals surface area contributed by atoms with Gasteiger partial charge in [0.2, 0.25) is 5.91 Å². The van der Waals surface area contributed by atoms with Crippen molar-refractivity contribution in [3.8, 4) is 11.5 Å². The molecule has 1 aliphatic rings. The second kappa shape index (κ2) is 8.60. The molecule has 1 atom stereocenters. The maximum Gasteiger partial charge on any atom is 0.322 e. The first kappa shape index (κ1) is 19.5. The normalized spacial score (nSPS) is 15.8. The Balaban J connectivity index is 1.75. The second-order valence-corrected chi connectivity index (χ2v) is 6.29. The minimum atomic E-state index is -0.679. The average molecular weight is 387 g/mol. The summed E-state index contributed by atoms with van der Waals surface area (Å²) in [6.45, 7) is 0.404. The highest BCUT2D eigenvalue weighted by molar-refractivity contribution is 6.01. The van der Waals surface area contributed by atoms with Crippen molar-refractivity contribution >= 4 is 23.3 Å². The molecule has 1 aliphatic heterocycles. The second-order valence-electron chi connectivity index (χ2n) is 6.29. The molecule has 0 aromatic heterocycles. The predicted molar refractivity (Wildman–Crippen MR) is 103 cm³/mol. The number of amides is 3. The number of nitrogens with zero attached hydrogens (tertiary/aromatic N) is 1. The van der Waals surface area contributed by atoms with E-state index in [0.717, 1.165) is 0 Å². The number of carbonyl (C=O) groups excluding carboxylic acids is 2. The van der Waals surface area contributed by atoms with Gasteiger partial charge in [-0.25, -0.2) is 9.18 Å². The molecule has 0 aliphatic carbocycles. The number of likely N-dealkylation sites (tertiary alicyclic amines) is 1. The molecule has 2 aromatic rings. The van der Waals surface area contributed by atoms with Gasteiger partial charge in [0.25, 0.3) is 0 Å². The van der Waals surface area contributed by atoms with E-state index in [1.165, 1.54) is 37.3 Å². The van der Waals surface area contributed by atoms with Gasteiger partial charge < -0.3 is 25.0 Å². The van der Waals surface area contributed by atoms with Crippen molar-refractivity contribution in [1.82, 2.24) is 4.90 Å². The summed E-state index contributed by atoms with van der Waals surface area (Å²) in [5.74, 6) is 0.0138. The number of halogens is 1. The lowest BCUT2D eigenvalue weighted by molar-refractivity contribution is -0.119. The fraction of sp³-hybridized carbons (Fsp3) is 0.300. The molecule has 0 radical (unpaired) electrons. The highest BCUT2D eigenvalue weighted by Gasteiger charge is 2.35. The van der Waals surface area contributed by atoms with Gasteiger partial charge in [-0.15, -0.1) is 0 Å². The smallest absolute Gasteiger partial charge is 0.322 e. The Morgan fingerprint density at radius 1 is 1.04 bits per heavy atom. The number of anilines is 2. The van der Waals surface area contributed by atoms with E-state index in [9.17, 15) is 14.0 Å². The lowest BCUT2D eigenvalue weighted by Gasteiger charge is -2.25. The molecule has 3 rings (SSSR count). The van der Waals surface area contributed by atoms with Crippen molar-refractivity contribution in [3.05, 3.63) is 48.3 Å². The minimum absolute atomic E-state index is 0.0740. The first-order chi connectivity index (χ1) is 13.5. The molecule has 0 saturated carbocycles. The van der Waals surface area contributed by atoms with Crippen LogP contribution in [0, 0.1) is 5.82 Å². The number of methoxy groups -OCH3 is 2. The molecule has 8 heteroatoms. The molecule has 3 amide bonds. The highest BCUT2D eigenvalue weighted by Crippen LogP contribution is 2.35. The van der Waals surface area contributed by atoms with Crippen LogP contribution in [0.15, 0.2) is 42.5 Å². The number of urea groups is 1. The van der Waals surface area contributed by atoms with E-state index >= 15 is 0 Å². The van der Waals surface area contributed by atoms with Crippen LogP contribution in [0.3, 0.4) is 0 Å². The van der Waals surface area contributed by atoms with E-state index in [1.807, 2.05) is 0 Å². The molecule has 2 N–H and O–H groups in total. The van der Waals surface area contributed by atoms with Crippen LogP contribution >= 0.6 is 0 Å². The van der Waals surface area contributed by atoms with Crippen LogP contribution < -0.4 is 20.1 Å². The van der Waals surface area contributed by atoms with Crippen LogP contribution in [-0.4, -0.2) is 43.6 Å². The number of rotatable bonds is 5. The minimum Gasteiger partial charge on any atom is -0.494 e. The molecule has 1 unspecified atom stereocenters. The van der Waals surface area contributed by atoms with Crippen LogP contribution in [0.4, 0.5) is 20.6 Å². The summed E-state index contributed by atoms with van der Waals surface area (Å²) in [6.07, 6.45) is 1.18. The number of ether oxygens (including phenoxy) is 2. The number of benzene rings is 2. The van der Waals surface area contributed by atoms with Gasteiger partial charge in [0.1, 0.15) is 29.0 Å². The molecule has 1 fully saturated rings. The third-order valence-corrected chi connectivity index (χ3v) is 4.61. The van der Waals surface area contributed by atoms with Crippen LogP contribution in [0.5, 0.6) is 11.5 Å². The van der Waals surface area contributed by atoms with E-state index in [-0.39, 0.29) is 11.6 Å². The van der Waals surface area contributed by atoms with Gasteiger partial charge >= 0.3 is 6.03 Å². The Labute approximate surface area is 162 Å². The third kappa shape index (κ3) is 4.00. The standard InChI is InChI=1S/C20H22FN3O4/c1-27-16-10-5-11-17(28-2)18(16)23-19(25)15-9-6-12-24(15)20(26)22-14-8-4-3-7-13(14)21/h3-5,7-8,10-11,15H,6,9,12H2,1-2H3,(H,22,26)(H,23,25). The molecule has 1 saturated heterocycles. The topological polar surface area (TPSA) is 79.9 Å². The summed E-state index contributed by atoms with van der Waals surface area (Å²) in [6, 6.07) is 9.85. The maximum atomic E-state index is 13.8. The van der Waals surface area contributed by atoms with Gasteiger partial charge in [-0.1, -0.05) is 18.2 Å². The maximum absolute atomic E-state index is 13.8. The van der Waals surface area contributed by atoms with Crippen molar-refractivity contribution in [2.45, 2.75) is 18.9 Å². The lowest BCUT2D eigenvalue weighted by atomic mass is 10.2. The summed E-state index contributed by atoms with van der Waals surface area (Å²) >= 11 is 0. The molecular weight excluding hydrogens is 365 g/mol. The van der Waals surface area contributed by atoms with Gasteiger partial charge in [-0.2, -0.15) is 0 Å². The molecule has 148 valence electrons. The molecule has 1 heterocycles. The van der Waals surface area contributed by atoms with E-state index in [0.29, 0.717) is 36.6 Å². The van der Waals surface area contributed by atoms with Crippen LogP contribution in [0.1, 0.15) is 12.8 Å². The van der Waals surface area contributed by atoms with E-state index in [4.69, 9.17) is 9.47 Å². The van der Waals surface area contributed by atoms with Crippen molar-refractivity contribution in [3.63, 3.8) is 0 Å². The first-order valence-electron chi connectivity index (χ1n) is 8.89. The van der Waals surface area contributed by atoms with Crippen LogP contribution in [0.25, 0.3) is 0 Å². The predicted octanol–water partition coefficient (Wildman–Crippen LogP) is 3.48. The molecule has 2 aromatic carbocycles. The summed E-state index contributed by atoms with van der Waals surface area (Å²) in [5, 5.41) is 5.33. The number of carbonyl (C=O) groups is 2. The number of hydrogen-bond donors (Lipinski definition) is 2. The monoisotopic (exact) mass is 387 g/mol. The van der Waals surface area contributed by atoms with Crippen molar-refractivity contribution in [1.29, 1.82) is 0 Å². The number of nitrogens with one attached hydrogen (secondary N) is 2. The Morgan fingerprint density at radius 2 is 1.71 bits per heavy atom. The summed E-state index contributed by atoms with van der Waals surface area (Å²) in [7, 11) is 2.99. The fourth-order valence-corrected chi connectivity index (χ4v) is 3.21. The van der Waals surface area contributed by atoms with Crippen molar-refractivity contribution in [2.24, 2.45) is 0 Å². The fourth-order valence-electron chi connectivity index (χ4n) is 3.21. The zero-order valence-corrected chi connectivity index (χ0v) is 15.7. The van der Waals surface area contributed by atoms with E-state index < -0.39 is 17.9 Å². The highest BCUT2D eigenvalue weighted by atomic mass is 19.1. The molecule has 0 spiro atoms.